The molecule has 0 spiro atoms. The second-order valence-electron chi connectivity index (χ2n) is 6.40. The van der Waals surface area contributed by atoms with Crippen LogP contribution in [0, 0.1) is 0 Å². The van der Waals surface area contributed by atoms with Crippen molar-refractivity contribution < 1.29 is 24.9 Å². The first-order chi connectivity index (χ1) is 13.4. The van der Waals surface area contributed by atoms with Crippen LogP contribution in [0.25, 0.3) is 16.7 Å². The Balaban J connectivity index is 1.76. The molecule has 0 bridgehead atoms. The number of hydrogen-bond donors (Lipinski definition) is 4. The minimum Gasteiger partial charge on any atom is -0.504 e. The number of hydrogen-bond acceptors (Lipinski definition) is 4. The quantitative estimate of drug-likeness (QED) is 0.405. The summed E-state index contributed by atoms with van der Waals surface area (Å²) in [5.41, 5.74) is 4.05. The van der Waals surface area contributed by atoms with E-state index in [1.807, 2.05) is 30.3 Å². The smallest absolute Gasteiger partial charge is 0.335 e. The van der Waals surface area contributed by atoms with Crippen LogP contribution in [0.3, 0.4) is 0 Å². The average Bonchev–Trinajstić information content (AvgIpc) is 2.98. The highest BCUT2D eigenvalue weighted by Crippen LogP contribution is 2.45. The van der Waals surface area contributed by atoms with E-state index in [1.165, 1.54) is 0 Å². The highest BCUT2D eigenvalue weighted by Gasteiger charge is 2.27. The van der Waals surface area contributed by atoms with Crippen molar-refractivity contribution in [2.45, 2.75) is 0 Å². The molecule has 4 rings (SSSR count). The van der Waals surface area contributed by atoms with Crippen LogP contribution >= 0.6 is 0 Å². The van der Waals surface area contributed by atoms with Crippen LogP contribution in [0.5, 0.6) is 11.5 Å². The lowest BCUT2D eigenvalue weighted by Crippen LogP contribution is -2.14. The van der Waals surface area contributed by atoms with E-state index >= 15 is 0 Å². The van der Waals surface area contributed by atoms with E-state index in [-0.39, 0.29) is 11.3 Å². The number of amides is 1. The third kappa shape index (κ3) is 2.59. The summed E-state index contributed by atoms with van der Waals surface area (Å²) >= 11 is 0. The van der Waals surface area contributed by atoms with Crippen molar-refractivity contribution in [3.8, 4) is 22.6 Å². The topological polar surface area (TPSA) is 107 Å². The minimum absolute atomic E-state index is 0.193. The fraction of sp³-hybridized carbons (Fsp3) is 0. The molecule has 0 heterocycles. The van der Waals surface area contributed by atoms with Crippen LogP contribution in [-0.4, -0.2) is 27.2 Å². The molecular weight excluding hydrogens is 358 g/mol. The van der Waals surface area contributed by atoms with Crippen LogP contribution in [0.2, 0.25) is 0 Å². The predicted molar refractivity (Wildman–Crippen MR) is 105 cm³/mol. The van der Waals surface area contributed by atoms with Crippen LogP contribution in [-0.2, 0) is 0 Å². The number of carboxylic acids is 1. The van der Waals surface area contributed by atoms with Crippen molar-refractivity contribution in [1.29, 1.82) is 0 Å². The maximum atomic E-state index is 12.9. The van der Waals surface area contributed by atoms with Crippen LogP contribution in [0.1, 0.15) is 31.8 Å². The second-order valence-corrected chi connectivity index (χ2v) is 6.40. The van der Waals surface area contributed by atoms with Gasteiger partial charge in [-0.1, -0.05) is 43.0 Å². The van der Waals surface area contributed by atoms with E-state index in [2.05, 4.69) is 11.9 Å². The van der Waals surface area contributed by atoms with Gasteiger partial charge in [-0.05, 0) is 40.5 Å². The van der Waals surface area contributed by atoms with Crippen molar-refractivity contribution in [2.75, 3.05) is 5.32 Å². The van der Waals surface area contributed by atoms with Crippen molar-refractivity contribution in [3.63, 3.8) is 0 Å². The molecular formula is C22H15NO5. The van der Waals surface area contributed by atoms with E-state index < -0.39 is 23.4 Å². The van der Waals surface area contributed by atoms with Gasteiger partial charge in [0.15, 0.2) is 11.5 Å². The van der Waals surface area contributed by atoms with E-state index in [0.717, 1.165) is 28.8 Å². The third-order valence-corrected chi connectivity index (χ3v) is 4.74. The number of nitrogens with one attached hydrogen (secondary N) is 1. The normalized spacial score (nSPS) is 11.6. The Kier molecular flexibility index (Phi) is 3.89. The summed E-state index contributed by atoms with van der Waals surface area (Å²) in [5.74, 6) is -3.09. The SMILES string of the molecule is C=C1c2ccccc2-c2cccc(C(=O)Nc3cc(C(=O)O)cc(O)c3O)c21. The molecule has 1 amide bonds. The Morgan fingerprint density at radius 1 is 0.893 bits per heavy atom. The van der Waals surface area contributed by atoms with Gasteiger partial charge in [0, 0.05) is 11.1 Å². The van der Waals surface area contributed by atoms with Crippen LogP contribution in [0.4, 0.5) is 5.69 Å². The molecule has 0 aromatic heterocycles. The highest BCUT2D eigenvalue weighted by atomic mass is 16.4. The standard InChI is InChI=1S/C22H15NO5/c1-11-13-5-2-3-6-14(13)15-7-4-8-16(19(11)15)21(26)23-17-9-12(22(27)28)10-18(24)20(17)25/h2-10,24-25H,1H2,(H,23,26)(H,27,28). The molecule has 6 nitrogen and oxygen atoms in total. The molecule has 138 valence electrons. The number of carbonyl (C=O) groups is 2. The number of benzene rings is 3. The fourth-order valence-corrected chi connectivity index (χ4v) is 3.43. The summed E-state index contributed by atoms with van der Waals surface area (Å²) in [6, 6.07) is 15.0. The van der Waals surface area contributed by atoms with E-state index in [9.17, 15) is 19.8 Å². The number of aromatic carboxylic acids is 1. The third-order valence-electron chi connectivity index (χ3n) is 4.74. The lowest BCUT2D eigenvalue weighted by Gasteiger charge is -2.12. The molecule has 3 aromatic carbocycles. The van der Waals surface area contributed by atoms with Gasteiger partial charge in [-0.2, -0.15) is 0 Å². The summed E-state index contributed by atoms with van der Waals surface area (Å²) in [7, 11) is 0. The molecule has 0 radical (unpaired) electrons. The number of fused-ring (bicyclic) bond motifs is 3. The number of phenols is 2. The number of anilines is 1. The predicted octanol–water partition coefficient (Wildman–Crippen LogP) is 4.09. The van der Waals surface area contributed by atoms with Crippen molar-refractivity contribution in [2.24, 2.45) is 0 Å². The van der Waals surface area contributed by atoms with Gasteiger partial charge in [0.2, 0.25) is 0 Å². The molecule has 6 heteroatoms. The molecule has 0 unspecified atom stereocenters. The van der Waals surface area contributed by atoms with Crippen molar-refractivity contribution in [1.82, 2.24) is 0 Å². The second kappa shape index (κ2) is 6.28. The highest BCUT2D eigenvalue weighted by molar-refractivity contribution is 6.14. The van der Waals surface area contributed by atoms with E-state index in [1.54, 1.807) is 12.1 Å². The minimum atomic E-state index is -1.30. The Labute approximate surface area is 160 Å². The zero-order chi connectivity index (χ0) is 20.0. The number of rotatable bonds is 3. The Hall–Kier alpha value is -4.06. The number of aromatic hydroxyl groups is 2. The Bertz CT molecular complexity index is 1180. The summed E-state index contributed by atoms with van der Waals surface area (Å²) < 4.78 is 0. The fourth-order valence-electron chi connectivity index (χ4n) is 3.43. The molecule has 0 saturated heterocycles. The van der Waals surface area contributed by atoms with Gasteiger partial charge in [0.1, 0.15) is 0 Å². The molecule has 0 atom stereocenters. The monoisotopic (exact) mass is 373 g/mol. The number of carbonyl (C=O) groups excluding carboxylic acids is 1. The summed E-state index contributed by atoms with van der Waals surface area (Å²) in [5, 5.41) is 31.4. The molecule has 28 heavy (non-hydrogen) atoms. The van der Waals surface area contributed by atoms with Crippen molar-refractivity contribution >= 4 is 23.1 Å². The maximum Gasteiger partial charge on any atom is 0.335 e. The first kappa shape index (κ1) is 17.4. The average molecular weight is 373 g/mol. The molecule has 4 N–H and O–H groups in total. The Morgan fingerprint density at radius 2 is 1.57 bits per heavy atom. The summed E-state index contributed by atoms with van der Waals surface area (Å²) in [6.45, 7) is 4.11. The zero-order valence-electron chi connectivity index (χ0n) is 14.6. The summed E-state index contributed by atoms with van der Waals surface area (Å²) in [4.78, 5) is 24.1. The number of carboxylic acid groups (broad SMARTS) is 1. The van der Waals surface area contributed by atoms with Gasteiger partial charge in [-0.25, -0.2) is 4.79 Å². The molecule has 0 aliphatic heterocycles. The van der Waals surface area contributed by atoms with Crippen LogP contribution in [0.15, 0.2) is 61.2 Å². The summed E-state index contributed by atoms with van der Waals surface area (Å²) in [6.07, 6.45) is 0. The first-order valence-electron chi connectivity index (χ1n) is 8.41. The van der Waals surface area contributed by atoms with Gasteiger partial charge in [0.25, 0.3) is 5.91 Å². The largest absolute Gasteiger partial charge is 0.504 e. The number of phenolic OH excluding ortho intramolecular Hbond substituents is 2. The van der Waals surface area contributed by atoms with Gasteiger partial charge in [-0.3, -0.25) is 4.79 Å². The lowest BCUT2D eigenvalue weighted by atomic mass is 9.98. The van der Waals surface area contributed by atoms with Crippen molar-refractivity contribution in [3.05, 3.63) is 83.4 Å². The van der Waals surface area contributed by atoms with Gasteiger partial charge < -0.3 is 20.6 Å². The van der Waals surface area contributed by atoms with E-state index in [0.29, 0.717) is 16.7 Å². The van der Waals surface area contributed by atoms with E-state index in [4.69, 9.17) is 5.11 Å². The maximum absolute atomic E-state index is 12.9. The molecule has 0 fully saturated rings. The van der Waals surface area contributed by atoms with Crippen LogP contribution < -0.4 is 5.32 Å². The zero-order valence-corrected chi connectivity index (χ0v) is 14.6. The molecule has 0 saturated carbocycles. The van der Waals surface area contributed by atoms with Gasteiger partial charge in [0.05, 0.1) is 11.3 Å². The molecule has 1 aliphatic carbocycles. The lowest BCUT2D eigenvalue weighted by molar-refractivity contribution is 0.0696. The molecule has 1 aliphatic rings. The Morgan fingerprint density at radius 3 is 2.29 bits per heavy atom. The first-order valence-corrected chi connectivity index (χ1v) is 8.41. The molecule has 3 aromatic rings. The van der Waals surface area contributed by atoms with Gasteiger partial charge >= 0.3 is 5.97 Å². The van der Waals surface area contributed by atoms with Gasteiger partial charge in [-0.15, -0.1) is 0 Å².